The Morgan fingerprint density at radius 2 is 1.77 bits per heavy atom. The minimum Gasteiger partial charge on any atom is -0.495 e. The lowest BCUT2D eigenvalue weighted by Crippen LogP contribution is -2.44. The number of aromatic nitrogens is 2. The van der Waals surface area contributed by atoms with Crippen molar-refractivity contribution in [3.05, 3.63) is 100.0 Å². The summed E-state index contributed by atoms with van der Waals surface area (Å²) in [6, 6.07) is 14.3. The number of nitrogens with one attached hydrogen (secondary N) is 3. The molecule has 13 nitrogen and oxygen atoms in total. The van der Waals surface area contributed by atoms with Crippen LogP contribution in [0.5, 0.6) is 17.4 Å². The number of ether oxygens (including phenoxy) is 2. The van der Waals surface area contributed by atoms with Crippen LogP contribution in [-0.4, -0.2) is 76.7 Å². The number of likely N-dealkylation sites (tertiary alicyclic amines) is 1. The van der Waals surface area contributed by atoms with E-state index in [0.29, 0.717) is 57.1 Å². The van der Waals surface area contributed by atoms with Gasteiger partial charge in [0.05, 0.1) is 29.8 Å². The van der Waals surface area contributed by atoms with Gasteiger partial charge in [0, 0.05) is 58.0 Å². The molecule has 0 bridgehead atoms. The van der Waals surface area contributed by atoms with Gasteiger partial charge in [-0.1, -0.05) is 36.4 Å². The summed E-state index contributed by atoms with van der Waals surface area (Å²) in [4.78, 5) is 61.0. The zero-order chi connectivity index (χ0) is 39.7. The van der Waals surface area contributed by atoms with E-state index in [1.165, 1.54) is 24.1 Å². The Balaban J connectivity index is 0.987. The van der Waals surface area contributed by atoms with Crippen molar-refractivity contribution < 1.29 is 46.2 Å². The number of halogens is 4. The molecule has 0 radical (unpaired) electrons. The van der Waals surface area contributed by atoms with Crippen LogP contribution in [0.1, 0.15) is 74.6 Å². The number of imide groups is 1. The summed E-state index contributed by atoms with van der Waals surface area (Å²) in [6.45, 7) is 2.28. The van der Waals surface area contributed by atoms with Crippen molar-refractivity contribution in [3.8, 4) is 17.4 Å². The van der Waals surface area contributed by atoms with Crippen LogP contribution < -0.4 is 25.4 Å². The van der Waals surface area contributed by atoms with Gasteiger partial charge in [-0.05, 0) is 48.1 Å². The Labute approximate surface area is 318 Å². The predicted octanol–water partition coefficient (Wildman–Crippen LogP) is 5.68. The van der Waals surface area contributed by atoms with E-state index in [1.54, 1.807) is 19.2 Å². The number of hydrogen-bond acceptors (Lipinski definition) is 10. The Hall–Kier alpha value is -6.10. The van der Waals surface area contributed by atoms with Crippen molar-refractivity contribution in [2.24, 2.45) is 0 Å². The second-order valence-corrected chi connectivity index (χ2v) is 13.9. The van der Waals surface area contributed by atoms with E-state index < -0.39 is 41.2 Å². The Morgan fingerprint density at radius 1 is 1.02 bits per heavy atom. The van der Waals surface area contributed by atoms with E-state index in [0.717, 1.165) is 17.2 Å². The van der Waals surface area contributed by atoms with Gasteiger partial charge in [-0.3, -0.25) is 29.4 Å². The third-order valence-corrected chi connectivity index (χ3v) is 10.1. The molecule has 1 unspecified atom stereocenters. The third-order valence-electron chi connectivity index (χ3n) is 10.1. The molecule has 0 saturated carbocycles. The lowest BCUT2D eigenvalue weighted by Gasteiger charge is -2.32. The van der Waals surface area contributed by atoms with Crippen LogP contribution in [0.3, 0.4) is 0 Å². The first-order valence-corrected chi connectivity index (χ1v) is 17.9. The number of nitrogens with zero attached hydrogens (tertiary/aromatic N) is 4. The van der Waals surface area contributed by atoms with Gasteiger partial charge in [0.1, 0.15) is 22.9 Å². The highest BCUT2D eigenvalue weighted by Crippen LogP contribution is 2.40. The SMILES string of the molecule is COc1cc(C(=O)NC2CCN(Cc3ccc(C4CCC(=O)NC4=O)cc3)CC2)c(F)cc1Nc1ncc(C(F)(F)F)c(Oc2cccc3c2C(=O)N(C)C3)n1. The maximum atomic E-state index is 15.5. The van der Waals surface area contributed by atoms with Crippen LogP contribution in [0, 0.1) is 5.82 Å². The average molecular weight is 776 g/mol. The van der Waals surface area contributed by atoms with Gasteiger partial charge < -0.3 is 25.0 Å². The molecule has 3 aromatic carbocycles. The largest absolute Gasteiger partial charge is 0.495 e. The van der Waals surface area contributed by atoms with Gasteiger partial charge in [-0.25, -0.2) is 9.37 Å². The number of fused-ring (bicyclic) bond motifs is 1. The van der Waals surface area contributed by atoms with Crippen LogP contribution in [0.25, 0.3) is 0 Å². The highest BCUT2D eigenvalue weighted by atomic mass is 19.4. The fourth-order valence-electron chi connectivity index (χ4n) is 7.10. The predicted molar refractivity (Wildman–Crippen MR) is 193 cm³/mol. The van der Waals surface area contributed by atoms with Crippen molar-refractivity contribution in [3.63, 3.8) is 0 Å². The van der Waals surface area contributed by atoms with Crippen LogP contribution in [0.15, 0.2) is 60.8 Å². The van der Waals surface area contributed by atoms with Crippen molar-refractivity contribution in [1.29, 1.82) is 0 Å². The quantitative estimate of drug-likeness (QED) is 0.135. The molecule has 1 atom stereocenters. The molecule has 292 valence electrons. The lowest BCUT2D eigenvalue weighted by molar-refractivity contribution is -0.139. The topological polar surface area (TPSA) is 155 Å². The number of piperidine rings is 2. The van der Waals surface area contributed by atoms with Crippen LogP contribution in [0.2, 0.25) is 0 Å². The molecule has 17 heteroatoms. The third kappa shape index (κ3) is 8.12. The number of carbonyl (C=O) groups excluding carboxylic acids is 4. The molecule has 1 aromatic heterocycles. The molecule has 3 aliphatic rings. The highest BCUT2D eigenvalue weighted by Gasteiger charge is 2.38. The van der Waals surface area contributed by atoms with Crippen molar-refractivity contribution in [2.75, 3.05) is 32.6 Å². The monoisotopic (exact) mass is 775 g/mol. The van der Waals surface area contributed by atoms with Gasteiger partial charge in [0.25, 0.3) is 11.8 Å². The second-order valence-electron chi connectivity index (χ2n) is 13.9. The summed E-state index contributed by atoms with van der Waals surface area (Å²) in [5.41, 5.74) is 0.961. The summed E-state index contributed by atoms with van der Waals surface area (Å²) in [6.07, 6.45) is -2.37. The molecular weight excluding hydrogens is 738 g/mol. The van der Waals surface area contributed by atoms with Crippen molar-refractivity contribution >= 4 is 35.3 Å². The summed E-state index contributed by atoms with van der Waals surface area (Å²) < 4.78 is 68.5. The first-order valence-electron chi connectivity index (χ1n) is 17.9. The Bertz CT molecular complexity index is 2190. The number of carbonyl (C=O) groups is 4. The fraction of sp³-hybridized carbons (Fsp3) is 0.333. The van der Waals surface area contributed by atoms with Gasteiger partial charge >= 0.3 is 6.18 Å². The van der Waals surface area contributed by atoms with E-state index in [1.807, 2.05) is 24.3 Å². The summed E-state index contributed by atoms with van der Waals surface area (Å²) in [5.74, 6) is -4.27. The minimum absolute atomic E-state index is 0.00419. The van der Waals surface area contributed by atoms with Crippen molar-refractivity contribution in [1.82, 2.24) is 30.4 Å². The standard InChI is InChI=1S/C39H37F4N7O6/c1-49-20-23-4-3-5-30(33(23)37(49)54)56-36-27(39(41,42)43)18-44-38(48-36)46-29-17-28(40)26(16-31(29)55-2)35(53)45-24-12-14-50(15-13-24)19-21-6-8-22(9-7-21)25-10-11-32(51)47-34(25)52/h3-9,16-18,24-25H,10-15,19-20H2,1-2H3,(H,45,53)(H,44,46,48)(H,47,51,52). The number of hydrogen-bond donors (Lipinski definition) is 3. The average Bonchev–Trinajstić information content (AvgIpc) is 3.45. The van der Waals surface area contributed by atoms with Gasteiger partial charge in [0.15, 0.2) is 0 Å². The molecule has 0 aliphatic carbocycles. The second kappa shape index (κ2) is 15.6. The van der Waals surface area contributed by atoms with Gasteiger partial charge in [0.2, 0.25) is 23.6 Å². The van der Waals surface area contributed by atoms with E-state index in [4.69, 9.17) is 9.47 Å². The first-order chi connectivity index (χ1) is 26.8. The number of rotatable bonds is 10. The van der Waals surface area contributed by atoms with Crippen LogP contribution in [-0.2, 0) is 28.9 Å². The highest BCUT2D eigenvalue weighted by molar-refractivity contribution is 6.01. The zero-order valence-corrected chi connectivity index (χ0v) is 30.3. The minimum atomic E-state index is -4.91. The Kier molecular flexibility index (Phi) is 10.6. The molecule has 4 heterocycles. The number of amides is 4. The zero-order valence-electron chi connectivity index (χ0n) is 30.3. The fourth-order valence-corrected chi connectivity index (χ4v) is 7.10. The van der Waals surface area contributed by atoms with Crippen LogP contribution in [0.4, 0.5) is 29.2 Å². The van der Waals surface area contributed by atoms with E-state index in [2.05, 4.69) is 30.8 Å². The summed E-state index contributed by atoms with van der Waals surface area (Å²) >= 11 is 0. The first kappa shape index (κ1) is 38.2. The molecule has 4 aromatic rings. The maximum absolute atomic E-state index is 15.5. The van der Waals surface area contributed by atoms with Gasteiger partial charge in [-0.15, -0.1) is 0 Å². The normalized spacial score (nSPS) is 17.7. The number of anilines is 2. The summed E-state index contributed by atoms with van der Waals surface area (Å²) in [5, 5.41) is 7.93. The number of benzene rings is 3. The van der Waals surface area contributed by atoms with Gasteiger partial charge in [-0.2, -0.15) is 18.2 Å². The number of alkyl halides is 3. The van der Waals surface area contributed by atoms with E-state index in [-0.39, 0.29) is 58.6 Å². The molecule has 3 N–H and O–H groups in total. The number of methoxy groups -OCH3 is 1. The molecule has 3 aliphatic heterocycles. The molecule has 2 fully saturated rings. The molecule has 56 heavy (non-hydrogen) atoms. The van der Waals surface area contributed by atoms with Crippen LogP contribution >= 0.6 is 0 Å². The van der Waals surface area contributed by atoms with E-state index in [9.17, 15) is 32.3 Å². The molecule has 0 spiro atoms. The molecule has 7 rings (SSSR count). The maximum Gasteiger partial charge on any atom is 0.423 e. The molecule has 2 saturated heterocycles. The lowest BCUT2D eigenvalue weighted by atomic mass is 9.90. The van der Waals surface area contributed by atoms with Crippen molar-refractivity contribution in [2.45, 2.75) is 56.9 Å². The molecular formula is C39H37F4N7O6. The smallest absolute Gasteiger partial charge is 0.423 e. The van der Waals surface area contributed by atoms with E-state index >= 15 is 4.39 Å². The summed E-state index contributed by atoms with van der Waals surface area (Å²) in [7, 11) is 2.84. The molecule has 4 amide bonds. The Morgan fingerprint density at radius 3 is 2.46 bits per heavy atom.